The number of hydrogen-bond donors (Lipinski definition) is 2. The van der Waals surface area contributed by atoms with Gasteiger partial charge in [-0.3, -0.25) is 11.3 Å². The van der Waals surface area contributed by atoms with Crippen LogP contribution in [-0.2, 0) is 6.18 Å². The van der Waals surface area contributed by atoms with Gasteiger partial charge in [0.05, 0.1) is 5.56 Å². The smallest absolute Gasteiger partial charge is 0.271 e. The van der Waals surface area contributed by atoms with E-state index in [0.717, 1.165) is 5.57 Å². The summed E-state index contributed by atoms with van der Waals surface area (Å²) in [5.41, 5.74) is 1.84. The molecule has 1 unspecified atom stereocenters. The molecule has 0 fully saturated rings. The van der Waals surface area contributed by atoms with Crippen LogP contribution < -0.4 is 11.3 Å². The van der Waals surface area contributed by atoms with E-state index in [0.29, 0.717) is 18.9 Å². The maximum Gasteiger partial charge on any atom is 0.419 e. The maximum atomic E-state index is 13.9. The SMILES string of the molecule is C=C(C)CCC(NN)c1cccc(C(F)(F)F)c1F. The minimum atomic E-state index is -4.71. The van der Waals surface area contributed by atoms with E-state index in [1.165, 1.54) is 12.1 Å². The molecule has 19 heavy (non-hydrogen) atoms. The first-order chi connectivity index (χ1) is 8.77. The minimum Gasteiger partial charge on any atom is -0.271 e. The highest BCUT2D eigenvalue weighted by Crippen LogP contribution is 2.34. The quantitative estimate of drug-likeness (QED) is 0.372. The lowest BCUT2D eigenvalue weighted by Gasteiger charge is -2.19. The molecule has 0 aliphatic heterocycles. The first-order valence-corrected chi connectivity index (χ1v) is 5.73. The summed E-state index contributed by atoms with van der Waals surface area (Å²) in [5.74, 6) is 4.01. The zero-order valence-electron chi connectivity index (χ0n) is 10.5. The largest absolute Gasteiger partial charge is 0.419 e. The Morgan fingerprint density at radius 1 is 1.42 bits per heavy atom. The number of halogens is 4. The molecule has 1 rings (SSSR count). The van der Waals surface area contributed by atoms with E-state index >= 15 is 0 Å². The van der Waals surface area contributed by atoms with Crippen LogP contribution in [0.2, 0.25) is 0 Å². The van der Waals surface area contributed by atoms with Gasteiger partial charge < -0.3 is 0 Å². The molecule has 106 valence electrons. The van der Waals surface area contributed by atoms with Crippen LogP contribution in [0.3, 0.4) is 0 Å². The van der Waals surface area contributed by atoms with E-state index in [1.54, 1.807) is 6.92 Å². The Kier molecular flexibility index (Phi) is 5.08. The van der Waals surface area contributed by atoms with Crippen molar-refractivity contribution < 1.29 is 17.6 Å². The van der Waals surface area contributed by atoms with Gasteiger partial charge in [0.25, 0.3) is 0 Å². The van der Waals surface area contributed by atoms with Crippen LogP contribution >= 0.6 is 0 Å². The Labute approximate surface area is 109 Å². The molecular formula is C13H16F4N2. The predicted octanol–water partition coefficient (Wildman–Crippen LogP) is 3.71. The molecule has 0 aliphatic rings. The summed E-state index contributed by atoms with van der Waals surface area (Å²) in [5, 5.41) is 0. The summed E-state index contributed by atoms with van der Waals surface area (Å²) in [6.07, 6.45) is -3.79. The van der Waals surface area contributed by atoms with Crippen LogP contribution in [0.1, 0.15) is 36.9 Å². The van der Waals surface area contributed by atoms with E-state index in [-0.39, 0.29) is 5.56 Å². The second-order valence-corrected chi connectivity index (χ2v) is 4.42. The molecule has 1 atom stereocenters. The van der Waals surface area contributed by atoms with Gasteiger partial charge in [0.2, 0.25) is 0 Å². The van der Waals surface area contributed by atoms with Crippen LogP contribution in [0.15, 0.2) is 30.4 Å². The van der Waals surface area contributed by atoms with Gasteiger partial charge >= 0.3 is 6.18 Å². The van der Waals surface area contributed by atoms with Crippen LogP contribution in [0.5, 0.6) is 0 Å². The van der Waals surface area contributed by atoms with E-state index in [4.69, 9.17) is 5.84 Å². The van der Waals surface area contributed by atoms with Gasteiger partial charge in [-0.1, -0.05) is 17.7 Å². The van der Waals surface area contributed by atoms with Gasteiger partial charge in [-0.2, -0.15) is 13.2 Å². The molecule has 0 radical (unpaired) electrons. The fourth-order valence-electron chi connectivity index (χ4n) is 1.76. The Morgan fingerprint density at radius 2 is 2.05 bits per heavy atom. The zero-order chi connectivity index (χ0) is 14.6. The molecule has 0 aromatic heterocycles. The number of benzene rings is 1. The average Bonchev–Trinajstić information content (AvgIpc) is 2.29. The van der Waals surface area contributed by atoms with Gasteiger partial charge in [0.15, 0.2) is 0 Å². The van der Waals surface area contributed by atoms with Gasteiger partial charge in [-0.25, -0.2) is 4.39 Å². The molecule has 6 heteroatoms. The van der Waals surface area contributed by atoms with Crippen LogP contribution in [0, 0.1) is 5.82 Å². The highest BCUT2D eigenvalue weighted by Gasteiger charge is 2.35. The molecule has 0 bridgehead atoms. The molecule has 0 spiro atoms. The lowest BCUT2D eigenvalue weighted by atomic mass is 9.98. The van der Waals surface area contributed by atoms with Crippen molar-refractivity contribution in [3.63, 3.8) is 0 Å². The molecular weight excluding hydrogens is 260 g/mol. The van der Waals surface area contributed by atoms with Crippen molar-refractivity contribution >= 4 is 0 Å². The lowest BCUT2D eigenvalue weighted by molar-refractivity contribution is -0.140. The molecule has 3 N–H and O–H groups in total. The fourth-order valence-corrected chi connectivity index (χ4v) is 1.76. The van der Waals surface area contributed by atoms with Crippen molar-refractivity contribution in [3.05, 3.63) is 47.3 Å². The maximum absolute atomic E-state index is 13.9. The van der Waals surface area contributed by atoms with Crippen molar-refractivity contribution in [2.75, 3.05) is 0 Å². The summed E-state index contributed by atoms with van der Waals surface area (Å²) in [6, 6.07) is 2.50. The van der Waals surface area contributed by atoms with Crippen LogP contribution in [-0.4, -0.2) is 0 Å². The van der Waals surface area contributed by atoms with Gasteiger partial charge in [-0.05, 0) is 25.8 Å². The number of nitrogens with two attached hydrogens (primary N) is 1. The molecule has 0 saturated heterocycles. The molecule has 0 amide bonds. The first-order valence-electron chi connectivity index (χ1n) is 5.73. The van der Waals surface area contributed by atoms with E-state index in [9.17, 15) is 17.6 Å². The second kappa shape index (κ2) is 6.16. The van der Waals surface area contributed by atoms with Gasteiger partial charge in [0, 0.05) is 11.6 Å². The number of alkyl halides is 3. The van der Waals surface area contributed by atoms with Gasteiger partial charge in [-0.15, -0.1) is 6.58 Å². The fraction of sp³-hybridized carbons (Fsp3) is 0.385. The number of rotatable bonds is 5. The highest BCUT2D eigenvalue weighted by atomic mass is 19.4. The normalized spacial score (nSPS) is 13.4. The van der Waals surface area contributed by atoms with Crippen molar-refractivity contribution in [2.45, 2.75) is 32.0 Å². The molecule has 0 saturated carbocycles. The summed E-state index contributed by atoms with van der Waals surface area (Å²) < 4.78 is 51.7. The topological polar surface area (TPSA) is 38.0 Å². The minimum absolute atomic E-state index is 0.0847. The molecule has 0 heterocycles. The van der Waals surface area contributed by atoms with E-state index in [2.05, 4.69) is 12.0 Å². The monoisotopic (exact) mass is 276 g/mol. The Hall–Kier alpha value is -1.40. The first kappa shape index (κ1) is 15.7. The van der Waals surface area contributed by atoms with Gasteiger partial charge in [0.1, 0.15) is 5.82 Å². The highest BCUT2D eigenvalue weighted by molar-refractivity contribution is 5.30. The summed E-state index contributed by atoms with van der Waals surface area (Å²) >= 11 is 0. The van der Waals surface area contributed by atoms with Crippen molar-refractivity contribution in [1.29, 1.82) is 0 Å². The molecule has 1 aromatic rings. The number of allylic oxidation sites excluding steroid dienone is 1. The summed E-state index contributed by atoms with van der Waals surface area (Å²) in [7, 11) is 0. The Morgan fingerprint density at radius 3 is 2.53 bits per heavy atom. The Bertz CT molecular complexity index is 454. The van der Waals surface area contributed by atoms with Crippen molar-refractivity contribution in [3.8, 4) is 0 Å². The van der Waals surface area contributed by atoms with E-state index in [1.807, 2.05) is 0 Å². The summed E-state index contributed by atoms with van der Waals surface area (Å²) in [4.78, 5) is 0. The van der Waals surface area contributed by atoms with E-state index < -0.39 is 23.6 Å². The van der Waals surface area contributed by atoms with Crippen LogP contribution in [0.25, 0.3) is 0 Å². The zero-order valence-corrected chi connectivity index (χ0v) is 10.5. The van der Waals surface area contributed by atoms with Crippen molar-refractivity contribution in [1.82, 2.24) is 5.43 Å². The number of hydrogen-bond acceptors (Lipinski definition) is 2. The standard InChI is InChI=1S/C13H16F4N2/c1-8(2)6-7-11(19-18)9-4-3-5-10(12(9)14)13(15,16)17/h3-5,11,19H,1,6-7,18H2,2H3. The van der Waals surface area contributed by atoms with Crippen molar-refractivity contribution in [2.24, 2.45) is 5.84 Å². The molecule has 2 nitrogen and oxygen atoms in total. The lowest BCUT2D eigenvalue weighted by Crippen LogP contribution is -2.29. The molecule has 1 aromatic carbocycles. The second-order valence-electron chi connectivity index (χ2n) is 4.42. The average molecular weight is 276 g/mol. The Balaban J connectivity index is 3.08. The van der Waals surface area contributed by atoms with Crippen LogP contribution in [0.4, 0.5) is 17.6 Å². The third-order valence-corrected chi connectivity index (χ3v) is 2.77. The number of hydrazine groups is 1. The summed E-state index contributed by atoms with van der Waals surface area (Å²) in [6.45, 7) is 5.48. The third kappa shape index (κ3) is 4.04. The predicted molar refractivity (Wildman–Crippen MR) is 65.5 cm³/mol. The third-order valence-electron chi connectivity index (χ3n) is 2.77. The molecule has 0 aliphatic carbocycles. The number of nitrogens with one attached hydrogen (secondary N) is 1.